The minimum Gasteiger partial charge on any atom is -0.378 e. The molecule has 2 rings (SSSR count). The number of nitrogens with zero attached hydrogens (tertiary/aromatic N) is 2. The molecule has 2 unspecified atom stereocenters. The van der Waals surface area contributed by atoms with E-state index in [0.29, 0.717) is 25.1 Å². The SMILES string of the molecule is CCOC1CC(NC(=NC)NCCN2C(=O)CNC2=O)C1(CC)CC. The van der Waals surface area contributed by atoms with Gasteiger partial charge in [-0.1, -0.05) is 13.8 Å². The van der Waals surface area contributed by atoms with Gasteiger partial charge in [0.25, 0.3) is 0 Å². The molecule has 142 valence electrons. The van der Waals surface area contributed by atoms with Gasteiger partial charge >= 0.3 is 6.03 Å². The highest BCUT2D eigenvalue weighted by atomic mass is 16.5. The zero-order chi connectivity index (χ0) is 18.4. The lowest BCUT2D eigenvalue weighted by molar-refractivity contribution is -0.133. The van der Waals surface area contributed by atoms with E-state index in [1.165, 1.54) is 4.90 Å². The lowest BCUT2D eigenvalue weighted by atomic mass is 9.58. The molecule has 0 radical (unpaired) electrons. The zero-order valence-corrected chi connectivity index (χ0v) is 15.7. The zero-order valence-electron chi connectivity index (χ0n) is 15.7. The quantitative estimate of drug-likeness (QED) is 0.339. The second-order valence-corrected chi connectivity index (χ2v) is 6.52. The van der Waals surface area contributed by atoms with Crippen LogP contribution in [0.3, 0.4) is 0 Å². The first-order chi connectivity index (χ1) is 12.0. The summed E-state index contributed by atoms with van der Waals surface area (Å²) in [4.78, 5) is 28.6. The van der Waals surface area contributed by atoms with Crippen LogP contribution in [0, 0.1) is 5.41 Å². The van der Waals surface area contributed by atoms with Gasteiger partial charge in [0, 0.05) is 38.2 Å². The molecule has 0 aromatic carbocycles. The first-order valence-corrected chi connectivity index (χ1v) is 9.19. The molecule has 1 aliphatic heterocycles. The third-order valence-corrected chi connectivity index (χ3v) is 5.57. The topological polar surface area (TPSA) is 95.1 Å². The Labute approximate surface area is 149 Å². The third-order valence-electron chi connectivity index (χ3n) is 5.57. The summed E-state index contributed by atoms with van der Waals surface area (Å²) in [5.74, 6) is 0.502. The van der Waals surface area contributed by atoms with Crippen LogP contribution in [0.4, 0.5) is 4.79 Å². The molecular formula is C17H31N5O3. The molecule has 1 aliphatic carbocycles. The largest absolute Gasteiger partial charge is 0.378 e. The molecule has 3 amide bonds. The van der Waals surface area contributed by atoms with Crippen LogP contribution in [-0.4, -0.2) is 68.2 Å². The molecule has 25 heavy (non-hydrogen) atoms. The number of rotatable bonds is 8. The van der Waals surface area contributed by atoms with E-state index in [1.54, 1.807) is 7.05 Å². The number of hydrogen-bond donors (Lipinski definition) is 3. The van der Waals surface area contributed by atoms with Crippen LogP contribution in [0.2, 0.25) is 0 Å². The normalized spacial score (nSPS) is 25.6. The monoisotopic (exact) mass is 353 g/mol. The van der Waals surface area contributed by atoms with Crippen LogP contribution >= 0.6 is 0 Å². The molecule has 8 heteroatoms. The maximum atomic E-state index is 11.6. The maximum absolute atomic E-state index is 11.6. The van der Waals surface area contributed by atoms with Gasteiger partial charge in [-0.2, -0.15) is 0 Å². The highest BCUT2D eigenvalue weighted by Gasteiger charge is 2.53. The number of aliphatic imine (C=N–C) groups is 1. The van der Waals surface area contributed by atoms with Crippen LogP contribution in [-0.2, 0) is 9.53 Å². The fourth-order valence-electron chi connectivity index (χ4n) is 3.91. The van der Waals surface area contributed by atoms with Gasteiger partial charge in [-0.3, -0.25) is 14.7 Å². The van der Waals surface area contributed by atoms with Gasteiger partial charge in [-0.25, -0.2) is 4.79 Å². The molecular weight excluding hydrogens is 322 g/mol. The Bertz CT molecular complexity index is 502. The van der Waals surface area contributed by atoms with Gasteiger partial charge in [0.1, 0.15) is 0 Å². The van der Waals surface area contributed by atoms with Gasteiger partial charge in [0.05, 0.1) is 12.6 Å². The van der Waals surface area contributed by atoms with Crippen LogP contribution < -0.4 is 16.0 Å². The Hall–Kier alpha value is -1.83. The standard InChI is InChI=1S/C17H31N5O3/c1-5-17(6-2)12(10-13(17)25-7-3)21-15(18-4)19-8-9-22-14(23)11-20-16(22)24/h12-13H,5-11H2,1-4H3,(H,20,24)(H2,18,19,21). The van der Waals surface area contributed by atoms with Crippen molar-refractivity contribution in [1.29, 1.82) is 0 Å². The molecule has 1 saturated heterocycles. The Morgan fingerprint density at radius 3 is 2.60 bits per heavy atom. The predicted molar refractivity (Wildman–Crippen MR) is 96.4 cm³/mol. The van der Waals surface area contributed by atoms with Crippen molar-refractivity contribution >= 4 is 17.9 Å². The van der Waals surface area contributed by atoms with Crippen molar-refractivity contribution in [2.75, 3.05) is 33.3 Å². The molecule has 1 heterocycles. The van der Waals surface area contributed by atoms with Crippen LogP contribution in [0.15, 0.2) is 4.99 Å². The number of imide groups is 1. The van der Waals surface area contributed by atoms with E-state index < -0.39 is 0 Å². The number of hydrogen-bond acceptors (Lipinski definition) is 4. The second kappa shape index (κ2) is 8.51. The van der Waals surface area contributed by atoms with Gasteiger partial charge in [-0.15, -0.1) is 0 Å². The minimum atomic E-state index is -0.329. The smallest absolute Gasteiger partial charge is 0.324 e. The number of ether oxygens (including phenoxy) is 1. The summed E-state index contributed by atoms with van der Waals surface area (Å²) in [6.07, 6.45) is 3.34. The number of guanidine groups is 1. The number of urea groups is 1. The summed E-state index contributed by atoms with van der Waals surface area (Å²) >= 11 is 0. The van der Waals surface area contributed by atoms with Crippen molar-refractivity contribution in [3.05, 3.63) is 0 Å². The van der Waals surface area contributed by atoms with Gasteiger partial charge in [0.2, 0.25) is 5.91 Å². The van der Waals surface area contributed by atoms with Crippen molar-refractivity contribution in [2.45, 2.75) is 52.2 Å². The highest BCUT2D eigenvalue weighted by molar-refractivity contribution is 6.01. The summed E-state index contributed by atoms with van der Waals surface area (Å²) in [6.45, 7) is 8.05. The van der Waals surface area contributed by atoms with Crippen molar-refractivity contribution in [3.8, 4) is 0 Å². The van der Waals surface area contributed by atoms with Crippen LogP contribution in [0.5, 0.6) is 0 Å². The number of amides is 3. The minimum absolute atomic E-state index is 0.0855. The van der Waals surface area contributed by atoms with Gasteiger partial charge in [-0.05, 0) is 26.2 Å². The van der Waals surface area contributed by atoms with Gasteiger partial charge in [0.15, 0.2) is 5.96 Å². The molecule has 0 aromatic rings. The van der Waals surface area contributed by atoms with Crippen LogP contribution in [0.25, 0.3) is 0 Å². The Morgan fingerprint density at radius 2 is 2.08 bits per heavy atom. The fraction of sp³-hybridized carbons (Fsp3) is 0.824. The summed E-state index contributed by atoms with van der Waals surface area (Å²) in [5, 5.41) is 9.20. The molecule has 0 spiro atoms. The highest BCUT2D eigenvalue weighted by Crippen LogP contribution is 2.48. The lowest BCUT2D eigenvalue weighted by Crippen LogP contribution is -2.65. The molecule has 3 N–H and O–H groups in total. The van der Waals surface area contributed by atoms with Crippen molar-refractivity contribution in [1.82, 2.24) is 20.9 Å². The maximum Gasteiger partial charge on any atom is 0.324 e. The number of carbonyl (C=O) groups is 2. The molecule has 8 nitrogen and oxygen atoms in total. The van der Waals surface area contributed by atoms with E-state index >= 15 is 0 Å². The summed E-state index contributed by atoms with van der Waals surface area (Å²) < 4.78 is 5.90. The summed E-state index contributed by atoms with van der Waals surface area (Å²) in [7, 11) is 1.72. The fourth-order valence-corrected chi connectivity index (χ4v) is 3.91. The molecule has 2 fully saturated rings. The second-order valence-electron chi connectivity index (χ2n) is 6.52. The number of carbonyl (C=O) groups excluding carboxylic acids is 2. The van der Waals surface area contributed by atoms with E-state index in [9.17, 15) is 9.59 Å². The Kier molecular flexibility index (Phi) is 6.64. The third kappa shape index (κ3) is 3.89. The number of nitrogens with one attached hydrogen (secondary N) is 3. The van der Waals surface area contributed by atoms with Crippen LogP contribution in [0.1, 0.15) is 40.0 Å². The van der Waals surface area contributed by atoms with E-state index in [-0.39, 0.29) is 30.0 Å². The first kappa shape index (κ1) is 19.5. The van der Waals surface area contributed by atoms with Crippen molar-refractivity contribution < 1.29 is 14.3 Å². The van der Waals surface area contributed by atoms with Crippen molar-refractivity contribution in [3.63, 3.8) is 0 Å². The molecule has 0 aromatic heterocycles. The van der Waals surface area contributed by atoms with E-state index in [0.717, 1.165) is 25.9 Å². The lowest BCUT2D eigenvalue weighted by Gasteiger charge is -2.55. The Morgan fingerprint density at radius 1 is 1.36 bits per heavy atom. The first-order valence-electron chi connectivity index (χ1n) is 9.19. The van der Waals surface area contributed by atoms with Crippen molar-refractivity contribution in [2.24, 2.45) is 10.4 Å². The predicted octanol–water partition coefficient (Wildman–Crippen LogP) is 0.687. The summed E-state index contributed by atoms with van der Waals surface area (Å²) in [6, 6.07) is -0.0220. The van der Waals surface area contributed by atoms with E-state index in [2.05, 4.69) is 34.8 Å². The molecule has 1 saturated carbocycles. The average Bonchev–Trinajstić information content (AvgIpc) is 2.92. The Balaban J connectivity index is 1.85. The molecule has 2 atom stereocenters. The summed E-state index contributed by atoms with van der Waals surface area (Å²) in [5.41, 5.74) is 0.123. The molecule has 0 bridgehead atoms. The van der Waals surface area contributed by atoms with E-state index in [4.69, 9.17) is 4.74 Å². The van der Waals surface area contributed by atoms with Gasteiger partial charge < -0.3 is 20.7 Å². The molecule has 2 aliphatic rings. The average molecular weight is 353 g/mol. The van der Waals surface area contributed by atoms with E-state index in [1.807, 2.05) is 6.92 Å².